The second-order valence-electron chi connectivity index (χ2n) is 5.77. The fraction of sp³-hybridized carbons (Fsp3) is 0.412. The predicted octanol–water partition coefficient (Wildman–Crippen LogP) is 2.99. The van der Waals surface area contributed by atoms with Crippen molar-refractivity contribution in [2.45, 2.75) is 32.2 Å². The third kappa shape index (κ3) is 4.09. The van der Waals surface area contributed by atoms with Crippen molar-refractivity contribution < 1.29 is 4.79 Å². The van der Waals surface area contributed by atoms with Gasteiger partial charge in [-0.25, -0.2) is 4.68 Å². The van der Waals surface area contributed by atoms with Crippen molar-refractivity contribution in [2.75, 3.05) is 13.1 Å². The van der Waals surface area contributed by atoms with Gasteiger partial charge in [0.1, 0.15) is 0 Å². The molecule has 1 aliphatic heterocycles. The SMILES string of the molecule is CCc1c(C(=O)NC2CCCNC2)cnn1-c1cccc(Cl)c1.Cl. The van der Waals surface area contributed by atoms with E-state index in [-0.39, 0.29) is 24.4 Å². The van der Waals surface area contributed by atoms with Crippen LogP contribution in [0.2, 0.25) is 5.02 Å². The lowest BCUT2D eigenvalue weighted by Gasteiger charge is -2.23. The lowest BCUT2D eigenvalue weighted by atomic mass is 10.1. The maximum atomic E-state index is 12.6. The molecule has 1 fully saturated rings. The van der Waals surface area contributed by atoms with E-state index in [1.165, 1.54) is 0 Å². The van der Waals surface area contributed by atoms with Gasteiger partial charge in [-0.1, -0.05) is 24.6 Å². The first-order valence-corrected chi connectivity index (χ1v) is 8.41. The lowest BCUT2D eigenvalue weighted by molar-refractivity contribution is 0.0929. The molecular weight excluding hydrogens is 347 g/mol. The Morgan fingerprint density at radius 2 is 2.33 bits per heavy atom. The van der Waals surface area contributed by atoms with Crippen LogP contribution in [0.25, 0.3) is 5.69 Å². The summed E-state index contributed by atoms with van der Waals surface area (Å²) in [5, 5.41) is 11.5. The minimum absolute atomic E-state index is 0. The molecule has 1 aromatic heterocycles. The van der Waals surface area contributed by atoms with Crippen LogP contribution in [0.5, 0.6) is 0 Å². The number of carbonyl (C=O) groups excluding carboxylic acids is 1. The predicted molar refractivity (Wildman–Crippen MR) is 98.6 cm³/mol. The van der Waals surface area contributed by atoms with Crippen molar-refractivity contribution in [1.82, 2.24) is 20.4 Å². The highest BCUT2D eigenvalue weighted by Crippen LogP contribution is 2.19. The molecule has 1 saturated heterocycles. The normalized spacial score (nSPS) is 17.2. The number of aromatic nitrogens is 2. The van der Waals surface area contributed by atoms with Gasteiger partial charge in [-0.15, -0.1) is 12.4 Å². The number of benzene rings is 1. The van der Waals surface area contributed by atoms with Gasteiger partial charge >= 0.3 is 0 Å². The highest BCUT2D eigenvalue weighted by Gasteiger charge is 2.21. The van der Waals surface area contributed by atoms with E-state index in [0.29, 0.717) is 10.6 Å². The van der Waals surface area contributed by atoms with Crippen LogP contribution in [0.4, 0.5) is 0 Å². The van der Waals surface area contributed by atoms with Crippen molar-refractivity contribution in [3.63, 3.8) is 0 Å². The first-order valence-electron chi connectivity index (χ1n) is 8.03. The van der Waals surface area contributed by atoms with Crippen LogP contribution in [-0.2, 0) is 6.42 Å². The maximum absolute atomic E-state index is 12.6. The summed E-state index contributed by atoms with van der Waals surface area (Å²) >= 11 is 6.06. The van der Waals surface area contributed by atoms with E-state index in [4.69, 9.17) is 11.6 Å². The van der Waals surface area contributed by atoms with Crippen LogP contribution >= 0.6 is 24.0 Å². The Hall–Kier alpha value is -1.56. The summed E-state index contributed by atoms with van der Waals surface area (Å²) in [4.78, 5) is 12.6. The monoisotopic (exact) mass is 368 g/mol. The summed E-state index contributed by atoms with van der Waals surface area (Å²) in [6.07, 6.45) is 4.47. The Morgan fingerprint density at radius 3 is 3.00 bits per heavy atom. The summed E-state index contributed by atoms with van der Waals surface area (Å²) in [6, 6.07) is 7.68. The second kappa shape index (κ2) is 8.51. The molecule has 0 aliphatic carbocycles. The minimum atomic E-state index is -0.0520. The summed E-state index contributed by atoms with van der Waals surface area (Å²) in [6.45, 7) is 3.88. The third-order valence-electron chi connectivity index (χ3n) is 4.13. The van der Waals surface area contributed by atoms with Gasteiger partial charge in [0.15, 0.2) is 0 Å². The minimum Gasteiger partial charge on any atom is -0.348 e. The molecule has 1 aliphatic rings. The molecule has 1 amide bonds. The number of piperidine rings is 1. The maximum Gasteiger partial charge on any atom is 0.255 e. The van der Waals surface area contributed by atoms with Crippen LogP contribution < -0.4 is 10.6 Å². The lowest BCUT2D eigenvalue weighted by Crippen LogP contribution is -2.45. The Kier molecular flexibility index (Phi) is 6.66. The van der Waals surface area contributed by atoms with Gasteiger partial charge in [-0.2, -0.15) is 5.10 Å². The van der Waals surface area contributed by atoms with Crippen LogP contribution in [0, 0.1) is 0 Å². The summed E-state index contributed by atoms with van der Waals surface area (Å²) in [7, 11) is 0. The number of rotatable bonds is 4. The molecule has 24 heavy (non-hydrogen) atoms. The summed E-state index contributed by atoms with van der Waals surface area (Å²) < 4.78 is 1.79. The fourth-order valence-electron chi connectivity index (χ4n) is 2.97. The van der Waals surface area contributed by atoms with Crippen molar-refractivity contribution in [3.05, 3.63) is 46.7 Å². The molecule has 3 rings (SSSR count). The molecule has 5 nitrogen and oxygen atoms in total. The number of hydrogen-bond donors (Lipinski definition) is 2. The number of nitrogens with one attached hydrogen (secondary N) is 2. The summed E-state index contributed by atoms with van der Waals surface area (Å²) in [5.41, 5.74) is 2.40. The van der Waals surface area contributed by atoms with Crippen LogP contribution in [0.15, 0.2) is 30.5 Å². The first kappa shape index (κ1) is 18.8. The van der Waals surface area contributed by atoms with Crippen molar-refractivity contribution in [1.29, 1.82) is 0 Å². The van der Waals surface area contributed by atoms with Gasteiger partial charge in [0.2, 0.25) is 0 Å². The van der Waals surface area contributed by atoms with Gasteiger partial charge in [0, 0.05) is 17.6 Å². The van der Waals surface area contributed by atoms with Crippen molar-refractivity contribution >= 4 is 29.9 Å². The van der Waals surface area contributed by atoms with E-state index >= 15 is 0 Å². The topological polar surface area (TPSA) is 59.0 Å². The van der Waals surface area contributed by atoms with Crippen LogP contribution in [0.3, 0.4) is 0 Å². The fourth-order valence-corrected chi connectivity index (χ4v) is 3.16. The second-order valence-corrected chi connectivity index (χ2v) is 6.20. The molecule has 1 aromatic carbocycles. The van der Waals surface area contributed by atoms with E-state index in [9.17, 15) is 4.79 Å². The van der Waals surface area contributed by atoms with E-state index in [2.05, 4.69) is 15.7 Å². The Bertz CT molecular complexity index is 696. The number of hydrogen-bond acceptors (Lipinski definition) is 3. The van der Waals surface area contributed by atoms with Gasteiger partial charge < -0.3 is 10.6 Å². The molecule has 0 saturated carbocycles. The number of halogens is 2. The molecule has 1 unspecified atom stereocenters. The molecule has 2 aromatic rings. The zero-order chi connectivity index (χ0) is 16.2. The van der Waals surface area contributed by atoms with Crippen molar-refractivity contribution in [2.24, 2.45) is 0 Å². The molecule has 1 atom stereocenters. The summed E-state index contributed by atoms with van der Waals surface area (Å²) in [5.74, 6) is -0.0520. The molecule has 2 N–H and O–H groups in total. The Morgan fingerprint density at radius 1 is 1.50 bits per heavy atom. The number of carbonyl (C=O) groups is 1. The molecule has 0 bridgehead atoms. The quantitative estimate of drug-likeness (QED) is 0.871. The average Bonchev–Trinajstić information content (AvgIpc) is 3.00. The standard InChI is InChI=1S/C17H21ClN4O.ClH/c1-2-16-15(17(23)21-13-6-4-8-19-10-13)11-20-22(16)14-7-3-5-12(18)9-14;/h3,5,7,9,11,13,19H,2,4,6,8,10H2,1H3,(H,21,23);1H. The molecule has 0 spiro atoms. The van der Waals surface area contributed by atoms with E-state index in [0.717, 1.165) is 43.7 Å². The van der Waals surface area contributed by atoms with E-state index in [1.54, 1.807) is 10.9 Å². The Balaban J connectivity index is 0.00000208. The van der Waals surface area contributed by atoms with Gasteiger partial charge in [0.25, 0.3) is 5.91 Å². The Labute approximate surface area is 153 Å². The largest absolute Gasteiger partial charge is 0.348 e. The average molecular weight is 369 g/mol. The van der Waals surface area contributed by atoms with Gasteiger partial charge in [0.05, 0.1) is 23.1 Å². The molecule has 7 heteroatoms. The third-order valence-corrected chi connectivity index (χ3v) is 4.37. The molecule has 2 heterocycles. The van der Waals surface area contributed by atoms with Crippen LogP contribution in [0.1, 0.15) is 35.8 Å². The molecule has 130 valence electrons. The van der Waals surface area contributed by atoms with Crippen LogP contribution in [-0.4, -0.2) is 34.8 Å². The number of nitrogens with zero attached hydrogens (tertiary/aromatic N) is 2. The van der Waals surface area contributed by atoms with Gasteiger partial charge in [-0.3, -0.25) is 4.79 Å². The number of amides is 1. The highest BCUT2D eigenvalue weighted by atomic mass is 35.5. The van der Waals surface area contributed by atoms with E-state index in [1.807, 2.05) is 31.2 Å². The van der Waals surface area contributed by atoms with Crippen molar-refractivity contribution in [3.8, 4) is 5.69 Å². The zero-order valence-electron chi connectivity index (χ0n) is 13.6. The smallest absolute Gasteiger partial charge is 0.255 e. The first-order chi connectivity index (χ1) is 11.2. The molecular formula is C17H22Cl2N4O. The zero-order valence-corrected chi connectivity index (χ0v) is 15.2. The van der Waals surface area contributed by atoms with E-state index < -0.39 is 0 Å². The highest BCUT2D eigenvalue weighted by molar-refractivity contribution is 6.30. The molecule has 0 radical (unpaired) electrons. The van der Waals surface area contributed by atoms with Gasteiger partial charge in [-0.05, 0) is 44.0 Å².